The van der Waals surface area contributed by atoms with Crippen molar-refractivity contribution in [2.45, 2.75) is 47.1 Å². The molecular weight excluding hydrogens is 172 g/mol. The first-order valence-electron chi connectivity index (χ1n) is 5.49. The van der Waals surface area contributed by atoms with E-state index in [1.165, 1.54) is 17.9 Å². The largest absolute Gasteiger partial charge is 0.332 e. The van der Waals surface area contributed by atoms with E-state index in [0.29, 0.717) is 5.41 Å². The van der Waals surface area contributed by atoms with Crippen LogP contribution in [0.5, 0.6) is 0 Å². The first-order chi connectivity index (χ1) is 6.48. The molecule has 0 spiro atoms. The lowest BCUT2D eigenvalue weighted by Crippen LogP contribution is -2.30. The van der Waals surface area contributed by atoms with E-state index in [2.05, 4.69) is 37.2 Å². The van der Waals surface area contributed by atoms with Gasteiger partial charge in [0, 0.05) is 24.9 Å². The van der Waals surface area contributed by atoms with Gasteiger partial charge in [0.2, 0.25) is 0 Å². The molecule has 0 amide bonds. The maximum absolute atomic E-state index is 4.44. The Labute approximate surface area is 86.3 Å². The average molecular weight is 192 g/mol. The van der Waals surface area contributed by atoms with Gasteiger partial charge in [-0.2, -0.15) is 0 Å². The van der Waals surface area contributed by atoms with Crippen molar-refractivity contribution in [2.24, 2.45) is 11.3 Å². The van der Waals surface area contributed by atoms with Crippen LogP contribution in [-0.2, 0) is 13.0 Å². The molecule has 1 aliphatic rings. The van der Waals surface area contributed by atoms with Crippen molar-refractivity contribution in [1.82, 2.24) is 9.55 Å². The number of hydrogen-bond acceptors (Lipinski definition) is 1. The van der Waals surface area contributed by atoms with Crippen molar-refractivity contribution in [3.63, 3.8) is 0 Å². The van der Waals surface area contributed by atoms with E-state index >= 15 is 0 Å². The second kappa shape index (κ2) is 3.11. The summed E-state index contributed by atoms with van der Waals surface area (Å²) in [7, 11) is 0. The molecular formula is C12H20N2. The number of rotatable bonds is 0. The fourth-order valence-electron chi connectivity index (χ4n) is 2.28. The van der Waals surface area contributed by atoms with Gasteiger partial charge < -0.3 is 4.57 Å². The average Bonchev–Trinajstić information content (AvgIpc) is 2.46. The van der Waals surface area contributed by atoms with Gasteiger partial charge in [-0.3, -0.25) is 0 Å². The fraction of sp³-hybridized carbons (Fsp3) is 0.750. The Kier molecular flexibility index (Phi) is 2.17. The molecule has 0 radical (unpaired) electrons. The predicted octanol–water partition coefficient (Wildman–Crippen LogP) is 2.80. The molecule has 1 unspecified atom stereocenters. The van der Waals surface area contributed by atoms with Crippen LogP contribution < -0.4 is 0 Å². The Morgan fingerprint density at radius 2 is 2.14 bits per heavy atom. The third kappa shape index (κ3) is 1.58. The summed E-state index contributed by atoms with van der Waals surface area (Å²) < 4.78 is 2.39. The van der Waals surface area contributed by atoms with Crippen LogP contribution >= 0.6 is 0 Å². The minimum Gasteiger partial charge on any atom is -0.332 e. The van der Waals surface area contributed by atoms with E-state index < -0.39 is 0 Å². The quantitative estimate of drug-likeness (QED) is 0.618. The summed E-state index contributed by atoms with van der Waals surface area (Å²) in [6, 6.07) is 0. The molecule has 0 N–H and O–H groups in total. The van der Waals surface area contributed by atoms with Crippen LogP contribution in [0, 0.1) is 18.3 Å². The van der Waals surface area contributed by atoms with Gasteiger partial charge in [-0.25, -0.2) is 4.98 Å². The fourth-order valence-corrected chi connectivity index (χ4v) is 2.28. The number of imidazole rings is 1. The summed E-state index contributed by atoms with van der Waals surface area (Å²) >= 11 is 0. The molecule has 0 saturated carbocycles. The highest BCUT2D eigenvalue weighted by Gasteiger charge is 2.29. The zero-order valence-electron chi connectivity index (χ0n) is 9.67. The molecule has 0 fully saturated rings. The predicted molar refractivity (Wildman–Crippen MR) is 58.2 cm³/mol. The molecule has 0 aliphatic carbocycles. The Bertz CT molecular complexity index is 331. The smallest absolute Gasteiger partial charge is 0.108 e. The van der Waals surface area contributed by atoms with Crippen molar-refractivity contribution in [1.29, 1.82) is 0 Å². The second-order valence-electron chi connectivity index (χ2n) is 5.53. The maximum atomic E-state index is 4.44. The molecule has 14 heavy (non-hydrogen) atoms. The van der Waals surface area contributed by atoms with Crippen LogP contribution in [0.15, 0.2) is 6.20 Å². The van der Waals surface area contributed by atoms with Crippen LogP contribution in [-0.4, -0.2) is 9.55 Å². The Balaban J connectivity index is 2.24. The van der Waals surface area contributed by atoms with E-state index in [1.807, 2.05) is 6.20 Å². The molecule has 2 heterocycles. The zero-order chi connectivity index (χ0) is 10.3. The first-order valence-corrected chi connectivity index (χ1v) is 5.49. The molecule has 1 atom stereocenters. The minimum absolute atomic E-state index is 0.425. The van der Waals surface area contributed by atoms with Crippen molar-refractivity contribution in [3.8, 4) is 0 Å². The summed E-state index contributed by atoms with van der Waals surface area (Å²) in [6.45, 7) is 10.3. The molecule has 2 rings (SSSR count). The standard InChI is InChI=1S/C12H20N2/c1-9-7-13-11-6-5-10(8-14(9)11)12(2,3)4/h7,10H,5-6,8H2,1-4H3. The molecule has 0 aromatic carbocycles. The van der Waals surface area contributed by atoms with E-state index in [0.717, 1.165) is 18.9 Å². The zero-order valence-corrected chi connectivity index (χ0v) is 9.67. The van der Waals surface area contributed by atoms with Crippen molar-refractivity contribution < 1.29 is 0 Å². The Hall–Kier alpha value is -0.790. The molecule has 2 heteroatoms. The van der Waals surface area contributed by atoms with Gasteiger partial charge in [0.15, 0.2) is 0 Å². The van der Waals surface area contributed by atoms with Crippen molar-refractivity contribution in [2.75, 3.05) is 0 Å². The number of aryl methyl sites for hydroxylation is 2. The van der Waals surface area contributed by atoms with Gasteiger partial charge in [0.1, 0.15) is 5.82 Å². The third-order valence-corrected chi connectivity index (χ3v) is 3.48. The highest BCUT2D eigenvalue weighted by Crippen LogP contribution is 2.34. The van der Waals surface area contributed by atoms with Crippen LogP contribution in [0.25, 0.3) is 0 Å². The molecule has 1 aromatic heterocycles. The lowest BCUT2D eigenvalue weighted by Gasteiger charge is -2.35. The van der Waals surface area contributed by atoms with Gasteiger partial charge in [-0.1, -0.05) is 20.8 Å². The summed E-state index contributed by atoms with van der Waals surface area (Å²) in [5, 5.41) is 0. The first kappa shape index (κ1) is 9.75. The molecule has 0 bridgehead atoms. The normalized spacial score (nSPS) is 22.1. The van der Waals surface area contributed by atoms with E-state index in [4.69, 9.17) is 0 Å². The van der Waals surface area contributed by atoms with Crippen LogP contribution in [0.4, 0.5) is 0 Å². The maximum Gasteiger partial charge on any atom is 0.108 e. The highest BCUT2D eigenvalue weighted by atomic mass is 15.1. The van der Waals surface area contributed by atoms with E-state index in [9.17, 15) is 0 Å². The topological polar surface area (TPSA) is 17.8 Å². The number of fused-ring (bicyclic) bond motifs is 1. The van der Waals surface area contributed by atoms with Crippen molar-refractivity contribution in [3.05, 3.63) is 17.7 Å². The minimum atomic E-state index is 0.425. The molecule has 1 aliphatic heterocycles. The van der Waals surface area contributed by atoms with Gasteiger partial charge >= 0.3 is 0 Å². The molecule has 2 nitrogen and oxygen atoms in total. The second-order valence-corrected chi connectivity index (χ2v) is 5.53. The SMILES string of the molecule is Cc1cnc2n1CC(C(C)(C)C)CC2. The van der Waals surface area contributed by atoms with Gasteiger partial charge in [0.25, 0.3) is 0 Å². The van der Waals surface area contributed by atoms with Crippen LogP contribution in [0.2, 0.25) is 0 Å². The Morgan fingerprint density at radius 1 is 1.43 bits per heavy atom. The molecule has 78 valence electrons. The number of aromatic nitrogens is 2. The lowest BCUT2D eigenvalue weighted by molar-refractivity contribution is 0.179. The molecule has 1 aromatic rings. The van der Waals surface area contributed by atoms with Gasteiger partial charge in [-0.15, -0.1) is 0 Å². The van der Waals surface area contributed by atoms with Gasteiger partial charge in [0.05, 0.1) is 0 Å². The highest BCUT2D eigenvalue weighted by molar-refractivity contribution is 5.06. The summed E-state index contributed by atoms with van der Waals surface area (Å²) in [5.41, 5.74) is 1.74. The lowest BCUT2D eigenvalue weighted by atomic mass is 9.77. The van der Waals surface area contributed by atoms with Crippen molar-refractivity contribution >= 4 is 0 Å². The van der Waals surface area contributed by atoms with E-state index in [-0.39, 0.29) is 0 Å². The number of hydrogen-bond donors (Lipinski definition) is 0. The summed E-state index contributed by atoms with van der Waals surface area (Å²) in [4.78, 5) is 4.44. The summed E-state index contributed by atoms with van der Waals surface area (Å²) in [6.07, 6.45) is 4.44. The Morgan fingerprint density at radius 3 is 2.79 bits per heavy atom. The third-order valence-electron chi connectivity index (χ3n) is 3.48. The van der Waals surface area contributed by atoms with Crippen LogP contribution in [0.3, 0.4) is 0 Å². The summed E-state index contributed by atoms with van der Waals surface area (Å²) in [5.74, 6) is 2.07. The number of nitrogens with zero attached hydrogens (tertiary/aromatic N) is 2. The van der Waals surface area contributed by atoms with Gasteiger partial charge in [-0.05, 0) is 24.7 Å². The van der Waals surface area contributed by atoms with E-state index in [1.54, 1.807) is 0 Å². The monoisotopic (exact) mass is 192 g/mol. The molecule has 0 saturated heterocycles. The van der Waals surface area contributed by atoms with Crippen LogP contribution in [0.1, 0.15) is 38.7 Å².